The number of nitrogens with zero attached hydrogens (tertiary/aromatic N) is 2. The molecule has 2 aliphatic rings. The van der Waals surface area contributed by atoms with E-state index in [9.17, 15) is 9.18 Å². The van der Waals surface area contributed by atoms with Gasteiger partial charge < -0.3 is 14.5 Å². The van der Waals surface area contributed by atoms with Crippen molar-refractivity contribution >= 4 is 23.4 Å². The quantitative estimate of drug-likeness (QED) is 0.774. The number of rotatable bonds is 4. The molecule has 0 atom stereocenters. The van der Waals surface area contributed by atoms with Crippen LogP contribution in [-0.2, 0) is 10.2 Å². The van der Waals surface area contributed by atoms with Gasteiger partial charge in [0.2, 0.25) is 0 Å². The molecule has 0 spiro atoms. The van der Waals surface area contributed by atoms with E-state index in [1.54, 1.807) is 17.0 Å². The minimum atomic E-state index is -0.256. The van der Waals surface area contributed by atoms with Gasteiger partial charge in [-0.1, -0.05) is 23.7 Å². The Bertz CT molecular complexity index is 798. The number of piperazine rings is 1. The Morgan fingerprint density at radius 1 is 1.00 bits per heavy atom. The van der Waals surface area contributed by atoms with Gasteiger partial charge >= 0.3 is 6.09 Å². The molecule has 0 radical (unpaired) electrons. The number of carbonyl (C=O) groups is 1. The van der Waals surface area contributed by atoms with Crippen molar-refractivity contribution in [3.63, 3.8) is 0 Å². The van der Waals surface area contributed by atoms with Crippen molar-refractivity contribution in [2.75, 3.05) is 37.7 Å². The van der Waals surface area contributed by atoms with Crippen LogP contribution in [0.1, 0.15) is 18.4 Å². The lowest BCUT2D eigenvalue weighted by Gasteiger charge is -2.35. The Morgan fingerprint density at radius 2 is 1.63 bits per heavy atom. The van der Waals surface area contributed by atoms with Crippen LogP contribution < -0.4 is 4.90 Å². The number of hydrogen-bond donors (Lipinski definition) is 0. The summed E-state index contributed by atoms with van der Waals surface area (Å²) in [5.41, 5.74) is 2.11. The predicted molar refractivity (Wildman–Crippen MR) is 104 cm³/mol. The number of halogens is 2. The molecule has 2 aromatic rings. The minimum Gasteiger partial charge on any atom is -0.448 e. The Balaban J connectivity index is 1.28. The smallest absolute Gasteiger partial charge is 0.409 e. The van der Waals surface area contributed by atoms with E-state index >= 15 is 0 Å². The molecule has 1 saturated carbocycles. The number of carbonyl (C=O) groups excluding carboxylic acids is 1. The average Bonchev–Trinajstić information content (AvgIpc) is 3.48. The molecule has 27 heavy (non-hydrogen) atoms. The van der Waals surface area contributed by atoms with Crippen molar-refractivity contribution in [1.82, 2.24) is 4.90 Å². The van der Waals surface area contributed by atoms with Crippen molar-refractivity contribution in [3.8, 4) is 0 Å². The van der Waals surface area contributed by atoms with Crippen molar-refractivity contribution in [3.05, 3.63) is 64.9 Å². The highest BCUT2D eigenvalue weighted by Crippen LogP contribution is 2.48. The molecule has 1 aliphatic heterocycles. The van der Waals surface area contributed by atoms with Crippen molar-refractivity contribution < 1.29 is 13.9 Å². The summed E-state index contributed by atoms with van der Waals surface area (Å²) in [5.74, 6) is -0.240. The van der Waals surface area contributed by atoms with E-state index in [1.807, 2.05) is 24.3 Å². The summed E-state index contributed by atoms with van der Waals surface area (Å²) < 4.78 is 18.7. The zero-order valence-corrected chi connectivity index (χ0v) is 15.8. The molecule has 0 aromatic heterocycles. The summed E-state index contributed by atoms with van der Waals surface area (Å²) in [6, 6.07) is 14.3. The molecular formula is C21H22ClFN2O2. The van der Waals surface area contributed by atoms with Gasteiger partial charge in [-0.3, -0.25) is 0 Å². The molecule has 1 aliphatic carbocycles. The number of anilines is 1. The Morgan fingerprint density at radius 3 is 2.22 bits per heavy atom. The minimum absolute atomic E-state index is 0.0455. The van der Waals surface area contributed by atoms with E-state index in [-0.39, 0.29) is 17.3 Å². The fourth-order valence-corrected chi connectivity index (χ4v) is 3.69. The third-order valence-corrected chi connectivity index (χ3v) is 5.76. The molecule has 2 fully saturated rings. The van der Waals surface area contributed by atoms with Crippen LogP contribution in [0.15, 0.2) is 48.5 Å². The highest BCUT2D eigenvalue weighted by Gasteiger charge is 2.45. The first-order valence-electron chi connectivity index (χ1n) is 9.24. The Labute approximate surface area is 163 Å². The van der Waals surface area contributed by atoms with Crippen LogP contribution >= 0.6 is 11.6 Å². The third kappa shape index (κ3) is 4.03. The zero-order chi connectivity index (χ0) is 18.9. The molecular weight excluding hydrogens is 367 g/mol. The Hall–Kier alpha value is -2.27. The maximum absolute atomic E-state index is 13.1. The van der Waals surface area contributed by atoms with E-state index in [0.29, 0.717) is 37.8 Å². The van der Waals surface area contributed by atoms with Crippen LogP contribution in [0.2, 0.25) is 5.02 Å². The zero-order valence-electron chi connectivity index (χ0n) is 15.0. The van der Waals surface area contributed by atoms with Crippen LogP contribution in [0.3, 0.4) is 0 Å². The van der Waals surface area contributed by atoms with Gasteiger partial charge in [0.05, 0.1) is 0 Å². The van der Waals surface area contributed by atoms with Gasteiger partial charge in [0, 0.05) is 42.3 Å². The average molecular weight is 389 g/mol. The normalized spacial score (nSPS) is 18.3. The molecule has 6 heteroatoms. The summed E-state index contributed by atoms with van der Waals surface area (Å²) in [7, 11) is 0. The first kappa shape index (κ1) is 18.1. The van der Waals surface area contributed by atoms with E-state index in [2.05, 4.69) is 4.90 Å². The molecule has 1 amide bonds. The molecule has 0 unspecified atom stereocenters. The largest absolute Gasteiger partial charge is 0.448 e. The molecule has 4 nitrogen and oxygen atoms in total. The van der Waals surface area contributed by atoms with Crippen LogP contribution in [0.5, 0.6) is 0 Å². The lowest BCUT2D eigenvalue weighted by molar-refractivity contribution is 0.0916. The van der Waals surface area contributed by atoms with Crippen molar-refractivity contribution in [2.45, 2.75) is 18.3 Å². The van der Waals surface area contributed by atoms with Gasteiger partial charge in [-0.25, -0.2) is 9.18 Å². The summed E-state index contributed by atoms with van der Waals surface area (Å²) >= 11 is 5.96. The van der Waals surface area contributed by atoms with Gasteiger partial charge in [0.25, 0.3) is 0 Å². The van der Waals surface area contributed by atoms with E-state index in [4.69, 9.17) is 16.3 Å². The molecule has 0 N–H and O–H groups in total. The van der Waals surface area contributed by atoms with E-state index in [0.717, 1.165) is 18.5 Å². The maximum atomic E-state index is 13.1. The highest BCUT2D eigenvalue weighted by atomic mass is 35.5. The van der Waals surface area contributed by atoms with Crippen molar-refractivity contribution in [1.29, 1.82) is 0 Å². The summed E-state index contributed by atoms with van der Waals surface area (Å²) in [5, 5.41) is 0.713. The van der Waals surface area contributed by atoms with Crippen LogP contribution in [0, 0.1) is 5.82 Å². The second kappa shape index (κ2) is 7.39. The fraction of sp³-hybridized carbons (Fsp3) is 0.381. The topological polar surface area (TPSA) is 32.8 Å². The molecule has 4 rings (SSSR count). The lowest BCUT2D eigenvalue weighted by atomic mass is 9.97. The first-order valence-corrected chi connectivity index (χ1v) is 9.62. The van der Waals surface area contributed by atoms with Gasteiger partial charge in [-0.15, -0.1) is 0 Å². The molecule has 142 valence electrons. The summed E-state index contributed by atoms with van der Waals surface area (Å²) in [6.07, 6.45) is 1.80. The Kier molecular flexibility index (Phi) is 4.96. The molecule has 1 saturated heterocycles. The van der Waals surface area contributed by atoms with Crippen LogP contribution in [-0.4, -0.2) is 43.8 Å². The maximum Gasteiger partial charge on any atom is 0.409 e. The van der Waals surface area contributed by atoms with Crippen molar-refractivity contribution in [2.24, 2.45) is 0 Å². The highest BCUT2D eigenvalue weighted by molar-refractivity contribution is 6.30. The van der Waals surface area contributed by atoms with Gasteiger partial charge in [0.1, 0.15) is 12.4 Å². The fourth-order valence-electron chi connectivity index (χ4n) is 3.56. The number of ether oxygens (including phenoxy) is 1. The molecule has 0 bridgehead atoms. The second-order valence-corrected chi connectivity index (χ2v) is 7.73. The number of hydrogen-bond acceptors (Lipinski definition) is 3. The van der Waals surface area contributed by atoms with Gasteiger partial charge in [0.15, 0.2) is 0 Å². The van der Waals surface area contributed by atoms with Crippen LogP contribution in [0.25, 0.3) is 0 Å². The summed E-state index contributed by atoms with van der Waals surface area (Å²) in [4.78, 5) is 16.4. The molecule has 1 heterocycles. The van der Waals surface area contributed by atoms with E-state index < -0.39 is 0 Å². The predicted octanol–water partition coefficient (Wildman–Crippen LogP) is 4.47. The third-order valence-electron chi connectivity index (χ3n) is 5.51. The standard InChI is InChI=1S/C21H22ClFN2O2/c22-17-3-1-16(2-4-17)21(9-10-21)15-27-20(26)25-13-11-24(12-14-25)19-7-5-18(23)6-8-19/h1-8H,9-15H2. The van der Waals surface area contributed by atoms with Gasteiger partial charge in [-0.2, -0.15) is 0 Å². The lowest BCUT2D eigenvalue weighted by Crippen LogP contribution is -2.49. The number of benzene rings is 2. The summed E-state index contributed by atoms with van der Waals surface area (Å²) in [6.45, 7) is 3.03. The van der Waals surface area contributed by atoms with Gasteiger partial charge in [-0.05, 0) is 54.8 Å². The molecule has 2 aromatic carbocycles. The number of amides is 1. The monoisotopic (exact) mass is 388 g/mol. The first-order chi connectivity index (χ1) is 13.1. The van der Waals surface area contributed by atoms with E-state index in [1.165, 1.54) is 17.7 Å². The van der Waals surface area contributed by atoms with Crippen LogP contribution in [0.4, 0.5) is 14.9 Å². The SMILES string of the molecule is O=C(OCC1(c2ccc(Cl)cc2)CC1)N1CCN(c2ccc(F)cc2)CC1. The second-order valence-electron chi connectivity index (χ2n) is 7.29.